The minimum atomic E-state index is -2.98. The van der Waals surface area contributed by atoms with E-state index in [1.165, 1.54) is 0 Å². The van der Waals surface area contributed by atoms with Gasteiger partial charge in [-0.2, -0.15) is 0 Å². The first-order chi connectivity index (χ1) is 12.1. The second kappa shape index (κ2) is 7.74. The third-order valence-electron chi connectivity index (χ3n) is 4.43. The van der Waals surface area contributed by atoms with E-state index in [2.05, 4.69) is 5.32 Å². The van der Waals surface area contributed by atoms with Gasteiger partial charge < -0.3 is 14.6 Å². The summed E-state index contributed by atoms with van der Waals surface area (Å²) in [6.45, 7) is 1.01. The van der Waals surface area contributed by atoms with Crippen molar-refractivity contribution >= 4 is 15.9 Å². The molecule has 3 rings (SSSR count). The number of carbonyl (C=O) groups excluding carboxylic acids is 1. The van der Waals surface area contributed by atoms with Crippen molar-refractivity contribution in [1.82, 2.24) is 10.2 Å². The van der Waals surface area contributed by atoms with Crippen molar-refractivity contribution in [2.45, 2.75) is 12.3 Å². The Bertz CT molecular complexity index is 774. The van der Waals surface area contributed by atoms with Gasteiger partial charge in [0, 0.05) is 25.6 Å². The Morgan fingerprint density at radius 2 is 1.84 bits per heavy atom. The summed E-state index contributed by atoms with van der Waals surface area (Å²) in [4.78, 5) is 13.8. The lowest BCUT2D eigenvalue weighted by molar-refractivity contribution is 0.202. The number of nitrogens with zero attached hydrogens (tertiary/aromatic N) is 1. The van der Waals surface area contributed by atoms with Crippen molar-refractivity contribution in [2.24, 2.45) is 0 Å². The predicted molar refractivity (Wildman–Crippen MR) is 95.2 cm³/mol. The van der Waals surface area contributed by atoms with Gasteiger partial charge in [0.25, 0.3) is 0 Å². The van der Waals surface area contributed by atoms with Gasteiger partial charge in [-0.05, 0) is 24.1 Å². The highest BCUT2D eigenvalue weighted by atomic mass is 32.2. The summed E-state index contributed by atoms with van der Waals surface area (Å²) in [5, 5.41) is 2.89. The molecule has 6 nitrogen and oxygen atoms in total. The van der Waals surface area contributed by atoms with Crippen LogP contribution >= 0.6 is 0 Å². The predicted octanol–water partition coefficient (Wildman–Crippen LogP) is 2.24. The summed E-state index contributed by atoms with van der Waals surface area (Å²) in [5.41, 5.74) is 1.13. The Kier molecular flexibility index (Phi) is 5.43. The number of furan rings is 1. The molecular weight excluding hydrogens is 340 g/mol. The van der Waals surface area contributed by atoms with E-state index in [1.54, 1.807) is 11.2 Å². The summed E-state index contributed by atoms with van der Waals surface area (Å²) >= 11 is 0. The van der Waals surface area contributed by atoms with E-state index in [0.29, 0.717) is 13.0 Å². The molecule has 0 spiro atoms. The summed E-state index contributed by atoms with van der Waals surface area (Å²) in [6, 6.07) is 13.6. The Balaban J connectivity index is 1.56. The number of sulfone groups is 1. The molecule has 134 valence electrons. The van der Waals surface area contributed by atoms with Gasteiger partial charge >= 0.3 is 6.03 Å². The summed E-state index contributed by atoms with van der Waals surface area (Å²) < 4.78 is 28.4. The zero-order chi connectivity index (χ0) is 17.7. The molecule has 25 heavy (non-hydrogen) atoms. The second-order valence-corrected chi connectivity index (χ2v) is 8.44. The topological polar surface area (TPSA) is 79.6 Å². The van der Waals surface area contributed by atoms with Gasteiger partial charge in [-0.25, -0.2) is 13.2 Å². The van der Waals surface area contributed by atoms with E-state index in [4.69, 9.17) is 4.42 Å². The number of rotatable bonds is 5. The molecule has 7 heteroatoms. The molecule has 1 aliphatic heterocycles. The van der Waals surface area contributed by atoms with Gasteiger partial charge in [-0.3, -0.25) is 0 Å². The number of urea groups is 1. The Morgan fingerprint density at radius 1 is 1.12 bits per heavy atom. The smallest absolute Gasteiger partial charge is 0.317 e. The maximum absolute atomic E-state index is 12.2. The fraction of sp³-hybridized carbons (Fsp3) is 0.389. The van der Waals surface area contributed by atoms with Gasteiger partial charge in [0.1, 0.15) is 5.76 Å². The van der Waals surface area contributed by atoms with Gasteiger partial charge in [0.05, 0.1) is 17.8 Å². The van der Waals surface area contributed by atoms with Crippen molar-refractivity contribution in [3.8, 4) is 0 Å². The van der Waals surface area contributed by atoms with Crippen molar-refractivity contribution in [3.63, 3.8) is 0 Å². The first kappa shape index (κ1) is 17.5. The average molecular weight is 362 g/mol. The molecule has 0 aliphatic carbocycles. The van der Waals surface area contributed by atoms with Crippen LogP contribution in [0, 0.1) is 0 Å². The van der Waals surface area contributed by atoms with Gasteiger partial charge in [-0.15, -0.1) is 0 Å². The first-order valence-corrected chi connectivity index (χ1v) is 10.2. The molecule has 1 N–H and O–H groups in total. The zero-order valence-corrected chi connectivity index (χ0v) is 14.7. The Morgan fingerprint density at radius 3 is 2.48 bits per heavy atom. The lowest BCUT2D eigenvalue weighted by Gasteiger charge is -2.27. The monoisotopic (exact) mass is 362 g/mol. The molecule has 1 saturated heterocycles. The van der Waals surface area contributed by atoms with E-state index in [1.807, 2.05) is 42.5 Å². The van der Waals surface area contributed by atoms with Crippen molar-refractivity contribution < 1.29 is 17.6 Å². The highest BCUT2D eigenvalue weighted by Crippen LogP contribution is 2.27. The number of hydrogen-bond acceptors (Lipinski definition) is 4. The van der Waals surface area contributed by atoms with Gasteiger partial charge in [0.15, 0.2) is 9.84 Å². The molecule has 1 unspecified atom stereocenters. The molecule has 2 amide bonds. The molecule has 1 fully saturated rings. The van der Waals surface area contributed by atoms with E-state index in [0.717, 1.165) is 11.3 Å². The molecular formula is C18H22N2O4S. The Labute approximate surface area is 147 Å². The molecule has 2 heterocycles. The van der Waals surface area contributed by atoms with Crippen LogP contribution in [0.2, 0.25) is 0 Å². The van der Waals surface area contributed by atoms with Crippen LogP contribution in [-0.2, 0) is 9.84 Å². The van der Waals surface area contributed by atoms with Crippen molar-refractivity contribution in [3.05, 3.63) is 60.1 Å². The van der Waals surface area contributed by atoms with Crippen LogP contribution in [0.3, 0.4) is 0 Å². The maximum atomic E-state index is 12.2. The number of amides is 2. The minimum absolute atomic E-state index is 0.0411. The fourth-order valence-corrected chi connectivity index (χ4v) is 4.20. The van der Waals surface area contributed by atoms with Gasteiger partial charge in [0.2, 0.25) is 0 Å². The van der Waals surface area contributed by atoms with Crippen LogP contribution in [-0.4, -0.2) is 50.5 Å². The standard InChI is InChI=1S/C18H22N2O4S/c21-18(20-10-13-25(22,23)14-11-20)19-9-8-16(17-7-4-12-24-17)15-5-2-1-3-6-15/h1-7,12,16H,8-11,13-14H2,(H,19,21). The molecule has 0 radical (unpaired) electrons. The SMILES string of the molecule is O=C(NCCC(c1ccccc1)c1ccco1)N1CCS(=O)(=O)CC1. The molecule has 1 aliphatic rings. The second-order valence-electron chi connectivity index (χ2n) is 6.14. The van der Waals surface area contributed by atoms with Crippen molar-refractivity contribution in [2.75, 3.05) is 31.1 Å². The zero-order valence-electron chi connectivity index (χ0n) is 13.9. The van der Waals surface area contributed by atoms with Crippen LogP contribution in [0.4, 0.5) is 4.79 Å². The molecule has 0 bridgehead atoms. The van der Waals surface area contributed by atoms with E-state index in [-0.39, 0.29) is 36.5 Å². The number of nitrogens with one attached hydrogen (secondary N) is 1. The van der Waals surface area contributed by atoms with E-state index in [9.17, 15) is 13.2 Å². The van der Waals surface area contributed by atoms with Gasteiger partial charge in [-0.1, -0.05) is 30.3 Å². The lowest BCUT2D eigenvalue weighted by atomic mass is 9.93. The normalized spacial score (nSPS) is 17.8. The minimum Gasteiger partial charge on any atom is -0.469 e. The summed E-state index contributed by atoms with van der Waals surface area (Å²) in [6.07, 6.45) is 2.35. The molecule has 1 aromatic carbocycles. The quantitative estimate of drug-likeness (QED) is 0.885. The molecule has 1 aromatic heterocycles. The van der Waals surface area contributed by atoms with E-state index >= 15 is 0 Å². The number of hydrogen-bond donors (Lipinski definition) is 1. The third-order valence-corrected chi connectivity index (χ3v) is 6.04. The molecule has 2 aromatic rings. The van der Waals surface area contributed by atoms with Crippen LogP contribution in [0.25, 0.3) is 0 Å². The molecule has 0 saturated carbocycles. The Hall–Kier alpha value is -2.28. The molecule has 1 atom stereocenters. The highest BCUT2D eigenvalue weighted by Gasteiger charge is 2.25. The lowest BCUT2D eigenvalue weighted by Crippen LogP contribution is -2.48. The van der Waals surface area contributed by atoms with Crippen LogP contribution in [0.5, 0.6) is 0 Å². The third kappa shape index (κ3) is 4.63. The van der Waals surface area contributed by atoms with Crippen LogP contribution in [0.15, 0.2) is 53.1 Å². The summed E-state index contributed by atoms with van der Waals surface area (Å²) in [5.74, 6) is 1.02. The highest BCUT2D eigenvalue weighted by molar-refractivity contribution is 7.91. The average Bonchev–Trinajstić information content (AvgIpc) is 3.13. The van der Waals surface area contributed by atoms with E-state index < -0.39 is 9.84 Å². The number of carbonyl (C=O) groups is 1. The largest absolute Gasteiger partial charge is 0.469 e. The van der Waals surface area contributed by atoms with Crippen LogP contribution in [0.1, 0.15) is 23.7 Å². The number of benzene rings is 1. The summed E-state index contributed by atoms with van der Waals surface area (Å²) in [7, 11) is -2.98. The fourth-order valence-electron chi connectivity index (χ4n) is 3.00. The van der Waals surface area contributed by atoms with Crippen LogP contribution < -0.4 is 5.32 Å². The first-order valence-electron chi connectivity index (χ1n) is 8.37. The maximum Gasteiger partial charge on any atom is 0.317 e. The van der Waals surface area contributed by atoms with Crippen molar-refractivity contribution in [1.29, 1.82) is 0 Å².